The molecule has 3 rings (SSSR count). The van der Waals surface area contributed by atoms with Gasteiger partial charge in [-0.25, -0.2) is 9.18 Å². The van der Waals surface area contributed by atoms with Gasteiger partial charge in [-0.3, -0.25) is 9.59 Å². The van der Waals surface area contributed by atoms with Crippen LogP contribution in [0.2, 0.25) is 0 Å². The highest BCUT2D eigenvalue weighted by Crippen LogP contribution is 2.37. The fourth-order valence-corrected chi connectivity index (χ4v) is 3.91. The van der Waals surface area contributed by atoms with Gasteiger partial charge >= 0.3 is 12.1 Å². The average Bonchev–Trinajstić information content (AvgIpc) is 2.80. The van der Waals surface area contributed by atoms with E-state index in [4.69, 9.17) is 4.74 Å². The molecule has 0 bridgehead atoms. The minimum atomic E-state index is -4.51. The summed E-state index contributed by atoms with van der Waals surface area (Å²) in [6.45, 7) is 2.64. The summed E-state index contributed by atoms with van der Waals surface area (Å²) in [7, 11) is 0. The number of rotatable bonds is 7. The number of ether oxygens (including phenoxy) is 1. The lowest BCUT2D eigenvalue weighted by atomic mass is 9.83. The molecule has 10 heteroatoms. The first-order valence-electron chi connectivity index (χ1n) is 10.9. The minimum absolute atomic E-state index is 0.0944. The Hall–Kier alpha value is -3.69. The molecule has 2 aromatic rings. The van der Waals surface area contributed by atoms with Crippen LogP contribution in [0, 0.1) is 5.82 Å². The summed E-state index contributed by atoms with van der Waals surface area (Å²) < 4.78 is 57.2. The maximum absolute atomic E-state index is 13.4. The van der Waals surface area contributed by atoms with Crippen molar-refractivity contribution >= 4 is 17.8 Å². The van der Waals surface area contributed by atoms with Crippen LogP contribution < -0.4 is 5.32 Å². The van der Waals surface area contributed by atoms with Crippen molar-refractivity contribution < 1.29 is 36.7 Å². The fraction of sp³-hybridized carbons (Fsp3) is 0.320. The zero-order valence-electron chi connectivity index (χ0n) is 19.1. The van der Waals surface area contributed by atoms with Crippen LogP contribution in [0.1, 0.15) is 42.9 Å². The molecule has 6 nitrogen and oxygen atoms in total. The molecular weight excluding hydrogens is 468 g/mol. The van der Waals surface area contributed by atoms with E-state index in [2.05, 4.69) is 5.32 Å². The highest BCUT2D eigenvalue weighted by molar-refractivity contribution is 5.97. The molecule has 2 amide bonds. The molecule has 2 aromatic carbocycles. The standard InChI is InChI=1S/C25H24F4N2O4/c1-3-35-24(34)23-15(2)31(22(33)12-20(23)17-7-9-19(26)10-8-17)14-21(32)30-13-16-5-4-6-18(11-16)25(27,28)29/h4-11,20H,3,12-14H2,1-2H3,(H,30,32). The van der Waals surface area contributed by atoms with Crippen LogP contribution in [-0.2, 0) is 31.8 Å². The second-order valence-corrected chi connectivity index (χ2v) is 7.98. The Morgan fingerprint density at radius 1 is 1.14 bits per heavy atom. The molecule has 186 valence electrons. The third-order valence-electron chi connectivity index (χ3n) is 5.64. The van der Waals surface area contributed by atoms with Crippen molar-refractivity contribution in [1.82, 2.24) is 10.2 Å². The highest BCUT2D eigenvalue weighted by atomic mass is 19.4. The smallest absolute Gasteiger partial charge is 0.416 e. The molecule has 0 aromatic heterocycles. The number of carbonyl (C=O) groups excluding carboxylic acids is 3. The van der Waals surface area contributed by atoms with Crippen molar-refractivity contribution in [3.8, 4) is 0 Å². The summed E-state index contributed by atoms with van der Waals surface area (Å²) in [5.41, 5.74) is 0.372. The van der Waals surface area contributed by atoms with Gasteiger partial charge in [0.25, 0.3) is 0 Å². The van der Waals surface area contributed by atoms with E-state index in [-0.39, 0.29) is 36.4 Å². The van der Waals surface area contributed by atoms with Crippen LogP contribution >= 0.6 is 0 Å². The average molecular weight is 492 g/mol. The Labute approximate surface area is 199 Å². The second-order valence-electron chi connectivity index (χ2n) is 7.98. The van der Waals surface area contributed by atoms with E-state index >= 15 is 0 Å². The van der Waals surface area contributed by atoms with Crippen LogP contribution in [-0.4, -0.2) is 35.8 Å². The molecule has 1 unspecified atom stereocenters. The molecule has 35 heavy (non-hydrogen) atoms. The van der Waals surface area contributed by atoms with E-state index in [1.165, 1.54) is 43.3 Å². The van der Waals surface area contributed by atoms with E-state index in [0.717, 1.165) is 17.0 Å². The number of allylic oxidation sites excluding steroid dienone is 1. The highest BCUT2D eigenvalue weighted by Gasteiger charge is 2.37. The summed E-state index contributed by atoms with van der Waals surface area (Å²) in [4.78, 5) is 39.3. The normalized spacial score (nSPS) is 16.3. The van der Waals surface area contributed by atoms with Gasteiger partial charge in [-0.1, -0.05) is 24.3 Å². The Morgan fingerprint density at radius 3 is 2.46 bits per heavy atom. The zero-order valence-corrected chi connectivity index (χ0v) is 19.1. The maximum Gasteiger partial charge on any atom is 0.416 e. The maximum atomic E-state index is 13.4. The number of hydrogen-bond acceptors (Lipinski definition) is 4. The Balaban J connectivity index is 1.79. The molecule has 1 aliphatic rings. The third-order valence-corrected chi connectivity index (χ3v) is 5.64. The molecule has 1 aliphatic heterocycles. The minimum Gasteiger partial charge on any atom is -0.463 e. The first kappa shape index (κ1) is 25.9. The monoisotopic (exact) mass is 492 g/mol. The molecule has 0 aliphatic carbocycles. The number of halogens is 4. The van der Waals surface area contributed by atoms with Crippen molar-refractivity contribution in [2.75, 3.05) is 13.2 Å². The zero-order chi connectivity index (χ0) is 25.8. The molecule has 1 N–H and O–H groups in total. The van der Waals surface area contributed by atoms with Gasteiger partial charge in [0, 0.05) is 24.6 Å². The number of benzene rings is 2. The number of esters is 1. The summed E-state index contributed by atoms with van der Waals surface area (Å²) >= 11 is 0. The number of nitrogens with zero attached hydrogens (tertiary/aromatic N) is 1. The molecule has 0 saturated heterocycles. The first-order chi connectivity index (χ1) is 16.5. The molecule has 0 radical (unpaired) electrons. The van der Waals surface area contributed by atoms with Crippen molar-refractivity contribution in [3.63, 3.8) is 0 Å². The van der Waals surface area contributed by atoms with E-state index in [1.807, 2.05) is 0 Å². The Morgan fingerprint density at radius 2 is 1.83 bits per heavy atom. The number of hydrogen-bond donors (Lipinski definition) is 1. The summed E-state index contributed by atoms with van der Waals surface area (Å²) in [5, 5.41) is 2.50. The fourth-order valence-electron chi connectivity index (χ4n) is 3.91. The largest absolute Gasteiger partial charge is 0.463 e. The number of nitrogens with one attached hydrogen (secondary N) is 1. The quantitative estimate of drug-likeness (QED) is 0.462. The van der Waals surface area contributed by atoms with Gasteiger partial charge in [-0.2, -0.15) is 13.2 Å². The summed E-state index contributed by atoms with van der Waals surface area (Å²) in [6, 6.07) is 9.97. The predicted octanol–water partition coefficient (Wildman–Crippen LogP) is 4.31. The number of alkyl halides is 3. The topological polar surface area (TPSA) is 75.7 Å². The Bertz CT molecular complexity index is 1140. The lowest BCUT2D eigenvalue weighted by Gasteiger charge is -2.34. The molecule has 1 heterocycles. The summed E-state index contributed by atoms with van der Waals surface area (Å²) in [5.74, 6) is -2.83. The van der Waals surface area contributed by atoms with Crippen molar-refractivity contribution in [3.05, 3.63) is 82.3 Å². The van der Waals surface area contributed by atoms with Crippen LogP contribution in [0.4, 0.5) is 17.6 Å². The van der Waals surface area contributed by atoms with Gasteiger partial charge in [0.2, 0.25) is 11.8 Å². The third kappa shape index (κ3) is 6.26. The van der Waals surface area contributed by atoms with Crippen LogP contribution in [0.3, 0.4) is 0 Å². The molecular formula is C25H24F4N2O4. The van der Waals surface area contributed by atoms with Crippen molar-refractivity contribution in [1.29, 1.82) is 0 Å². The number of amides is 2. The Kier molecular flexibility index (Phi) is 7.93. The number of carbonyl (C=O) groups is 3. The van der Waals surface area contributed by atoms with E-state index in [0.29, 0.717) is 5.56 Å². The molecule has 1 atom stereocenters. The molecule has 0 fully saturated rings. The van der Waals surface area contributed by atoms with Gasteiger partial charge < -0.3 is 15.0 Å². The van der Waals surface area contributed by atoms with Crippen molar-refractivity contribution in [2.45, 2.75) is 38.9 Å². The lowest BCUT2D eigenvalue weighted by molar-refractivity contribution is -0.141. The van der Waals surface area contributed by atoms with Gasteiger partial charge in [0.1, 0.15) is 12.4 Å². The van der Waals surface area contributed by atoms with Gasteiger partial charge in [0.05, 0.1) is 17.7 Å². The van der Waals surface area contributed by atoms with E-state index < -0.39 is 47.8 Å². The van der Waals surface area contributed by atoms with Crippen LogP contribution in [0.15, 0.2) is 59.8 Å². The summed E-state index contributed by atoms with van der Waals surface area (Å²) in [6.07, 6.45) is -4.65. The van der Waals surface area contributed by atoms with Crippen molar-refractivity contribution in [2.24, 2.45) is 0 Å². The van der Waals surface area contributed by atoms with Gasteiger partial charge in [-0.05, 0) is 49.2 Å². The first-order valence-corrected chi connectivity index (χ1v) is 10.9. The van der Waals surface area contributed by atoms with E-state index in [1.54, 1.807) is 6.92 Å². The lowest BCUT2D eigenvalue weighted by Crippen LogP contribution is -2.44. The molecule has 0 saturated carbocycles. The molecule has 0 spiro atoms. The van der Waals surface area contributed by atoms with Crippen LogP contribution in [0.5, 0.6) is 0 Å². The SMILES string of the molecule is CCOC(=O)C1=C(C)N(CC(=O)NCc2cccc(C(F)(F)F)c2)C(=O)CC1c1ccc(F)cc1. The second kappa shape index (κ2) is 10.7. The van der Waals surface area contributed by atoms with E-state index in [9.17, 15) is 31.9 Å². The predicted molar refractivity (Wildman–Crippen MR) is 118 cm³/mol. The van der Waals surface area contributed by atoms with Gasteiger partial charge in [-0.15, -0.1) is 0 Å². The van der Waals surface area contributed by atoms with Gasteiger partial charge in [0.15, 0.2) is 0 Å². The van der Waals surface area contributed by atoms with Crippen LogP contribution in [0.25, 0.3) is 0 Å².